The maximum atomic E-state index is 6.07. The first-order chi connectivity index (χ1) is 12.2. The Kier molecular flexibility index (Phi) is 5.41. The van der Waals surface area contributed by atoms with Crippen molar-refractivity contribution in [3.05, 3.63) is 33.0 Å². The van der Waals surface area contributed by atoms with Crippen molar-refractivity contribution >= 4 is 22.9 Å². The number of hydrogen-bond acceptors (Lipinski definition) is 5. The Morgan fingerprint density at radius 2 is 1.88 bits per heavy atom. The van der Waals surface area contributed by atoms with Crippen LogP contribution in [0.25, 0.3) is 0 Å². The average molecular weight is 380 g/mol. The lowest BCUT2D eigenvalue weighted by Crippen LogP contribution is -2.34. The Morgan fingerprint density at radius 1 is 1.08 bits per heavy atom. The van der Waals surface area contributed by atoms with E-state index in [-0.39, 0.29) is 0 Å². The first-order valence-electron chi connectivity index (χ1n) is 9.26. The van der Waals surface area contributed by atoms with E-state index in [1.165, 1.54) is 43.6 Å². The zero-order valence-corrected chi connectivity index (χ0v) is 16.4. The molecule has 7 heteroatoms. The fourth-order valence-corrected chi connectivity index (χ4v) is 5.21. The van der Waals surface area contributed by atoms with Gasteiger partial charge in [0.05, 0.1) is 10.9 Å². The maximum absolute atomic E-state index is 6.07. The molecule has 2 fully saturated rings. The highest BCUT2D eigenvalue weighted by atomic mass is 35.5. The van der Waals surface area contributed by atoms with E-state index in [2.05, 4.69) is 37.7 Å². The van der Waals surface area contributed by atoms with Crippen molar-refractivity contribution in [1.82, 2.24) is 24.6 Å². The number of rotatable bonds is 5. The lowest BCUT2D eigenvalue weighted by molar-refractivity contribution is 0.196. The zero-order valence-electron chi connectivity index (χ0n) is 14.8. The molecule has 2 aromatic heterocycles. The number of piperidine rings is 1. The maximum Gasteiger partial charge on any atom is 0.146 e. The van der Waals surface area contributed by atoms with E-state index in [9.17, 15) is 0 Å². The summed E-state index contributed by atoms with van der Waals surface area (Å²) < 4.78 is 3.12. The zero-order chi connectivity index (χ0) is 17.2. The van der Waals surface area contributed by atoms with Gasteiger partial charge >= 0.3 is 0 Å². The molecule has 1 atom stereocenters. The van der Waals surface area contributed by atoms with Crippen LogP contribution in [-0.4, -0.2) is 50.7 Å². The van der Waals surface area contributed by atoms with Crippen molar-refractivity contribution in [2.45, 2.75) is 44.7 Å². The summed E-state index contributed by atoms with van der Waals surface area (Å²) in [5.74, 6) is 2.75. The van der Waals surface area contributed by atoms with Crippen molar-refractivity contribution < 1.29 is 0 Å². The molecule has 0 radical (unpaired) electrons. The number of nitrogens with zero attached hydrogens (tertiary/aromatic N) is 5. The van der Waals surface area contributed by atoms with Gasteiger partial charge in [-0.05, 0) is 57.5 Å². The van der Waals surface area contributed by atoms with Crippen LogP contribution in [0.3, 0.4) is 0 Å². The van der Waals surface area contributed by atoms with Crippen molar-refractivity contribution in [2.24, 2.45) is 7.05 Å². The van der Waals surface area contributed by atoms with E-state index in [4.69, 9.17) is 11.6 Å². The molecule has 2 aliphatic rings. The lowest BCUT2D eigenvalue weighted by atomic mass is 9.97. The second-order valence-corrected chi connectivity index (χ2v) is 9.10. The monoisotopic (exact) mass is 379 g/mol. The van der Waals surface area contributed by atoms with Crippen LogP contribution >= 0.6 is 22.9 Å². The summed E-state index contributed by atoms with van der Waals surface area (Å²) in [7, 11) is 2.14. The number of halogens is 1. The average Bonchev–Trinajstić information content (AvgIpc) is 3.33. The van der Waals surface area contributed by atoms with Gasteiger partial charge in [-0.1, -0.05) is 11.6 Å². The molecule has 0 amide bonds. The normalized spacial score (nSPS) is 22.7. The van der Waals surface area contributed by atoms with Gasteiger partial charge in [0.1, 0.15) is 11.6 Å². The van der Waals surface area contributed by atoms with Crippen molar-refractivity contribution in [3.63, 3.8) is 0 Å². The Hall–Kier alpha value is -0.950. The summed E-state index contributed by atoms with van der Waals surface area (Å²) >= 11 is 7.76. The first-order valence-corrected chi connectivity index (χ1v) is 10.5. The summed E-state index contributed by atoms with van der Waals surface area (Å²) in [6, 6.07) is 4.14. The van der Waals surface area contributed by atoms with Gasteiger partial charge in [-0.25, -0.2) is 0 Å². The van der Waals surface area contributed by atoms with E-state index in [0.717, 1.165) is 42.2 Å². The molecule has 4 rings (SSSR count). The minimum atomic E-state index is 0.481. The summed E-state index contributed by atoms with van der Waals surface area (Å²) in [5, 5.41) is 9.07. The highest BCUT2D eigenvalue weighted by Crippen LogP contribution is 2.29. The molecule has 0 saturated carbocycles. The van der Waals surface area contributed by atoms with Gasteiger partial charge in [-0.15, -0.1) is 21.5 Å². The Bertz CT molecular complexity index is 706. The standard InChI is InChI=1S/C18H26ClN5S/c1-22-17(13-23-8-2-3-9-23)20-21-18(22)14-5-4-10-24(11-14)12-15-6-7-16(19)25-15/h6-7,14H,2-5,8-13H2,1H3. The van der Waals surface area contributed by atoms with Crippen LogP contribution in [0.5, 0.6) is 0 Å². The molecule has 0 aliphatic carbocycles. The van der Waals surface area contributed by atoms with Gasteiger partial charge in [0, 0.05) is 30.9 Å². The van der Waals surface area contributed by atoms with Gasteiger partial charge in [-0.2, -0.15) is 0 Å². The van der Waals surface area contributed by atoms with Gasteiger partial charge in [0.15, 0.2) is 0 Å². The molecule has 25 heavy (non-hydrogen) atoms. The third kappa shape index (κ3) is 4.08. The van der Waals surface area contributed by atoms with Gasteiger partial charge in [0.25, 0.3) is 0 Å². The lowest BCUT2D eigenvalue weighted by Gasteiger charge is -2.31. The molecular weight excluding hydrogens is 354 g/mol. The second kappa shape index (κ2) is 7.74. The fourth-order valence-electron chi connectivity index (χ4n) is 4.08. The van der Waals surface area contributed by atoms with Crippen LogP contribution < -0.4 is 0 Å². The molecule has 5 nitrogen and oxygen atoms in total. The Morgan fingerprint density at radius 3 is 2.64 bits per heavy atom. The second-order valence-electron chi connectivity index (χ2n) is 7.30. The minimum Gasteiger partial charge on any atom is -0.317 e. The van der Waals surface area contributed by atoms with Crippen molar-refractivity contribution in [3.8, 4) is 0 Å². The van der Waals surface area contributed by atoms with Gasteiger partial charge in [0.2, 0.25) is 0 Å². The predicted octanol–water partition coefficient (Wildman–Crippen LogP) is 3.51. The molecule has 136 valence electrons. The van der Waals surface area contributed by atoms with E-state index < -0.39 is 0 Å². The number of hydrogen-bond donors (Lipinski definition) is 0. The van der Waals surface area contributed by atoms with Crippen LogP contribution in [0.1, 0.15) is 48.1 Å². The Balaban J connectivity index is 1.41. The summed E-state index contributed by atoms with van der Waals surface area (Å²) in [5.41, 5.74) is 0. The third-order valence-corrected chi connectivity index (χ3v) is 6.66. The largest absolute Gasteiger partial charge is 0.317 e. The smallest absolute Gasteiger partial charge is 0.146 e. The van der Waals surface area contributed by atoms with E-state index in [1.54, 1.807) is 11.3 Å². The molecule has 0 spiro atoms. The molecule has 1 unspecified atom stereocenters. The van der Waals surface area contributed by atoms with Crippen LogP contribution in [-0.2, 0) is 20.1 Å². The Labute approximate surface area is 158 Å². The number of likely N-dealkylation sites (tertiary alicyclic amines) is 2. The molecular formula is C18H26ClN5S. The number of aromatic nitrogens is 3. The summed E-state index contributed by atoms with van der Waals surface area (Å²) in [6.45, 7) is 6.54. The van der Waals surface area contributed by atoms with E-state index in [0.29, 0.717) is 5.92 Å². The predicted molar refractivity (Wildman–Crippen MR) is 102 cm³/mol. The van der Waals surface area contributed by atoms with Crippen LogP contribution in [0.4, 0.5) is 0 Å². The molecule has 2 saturated heterocycles. The van der Waals surface area contributed by atoms with E-state index in [1.807, 2.05) is 6.07 Å². The third-order valence-electron chi connectivity index (χ3n) is 5.44. The SMILES string of the molecule is Cn1c(CN2CCCC2)nnc1C1CCCN(Cc2ccc(Cl)s2)C1. The summed E-state index contributed by atoms with van der Waals surface area (Å²) in [4.78, 5) is 6.37. The first kappa shape index (κ1) is 17.5. The van der Waals surface area contributed by atoms with Gasteiger partial charge in [-0.3, -0.25) is 9.80 Å². The number of thiophene rings is 1. The molecule has 2 aliphatic heterocycles. The highest BCUT2D eigenvalue weighted by Gasteiger charge is 2.26. The van der Waals surface area contributed by atoms with Crippen molar-refractivity contribution in [2.75, 3.05) is 26.2 Å². The summed E-state index contributed by atoms with van der Waals surface area (Å²) in [6.07, 6.45) is 5.06. The topological polar surface area (TPSA) is 37.2 Å². The molecule has 0 N–H and O–H groups in total. The van der Waals surface area contributed by atoms with Crippen LogP contribution in [0.2, 0.25) is 4.34 Å². The highest BCUT2D eigenvalue weighted by molar-refractivity contribution is 7.16. The molecule has 0 bridgehead atoms. The minimum absolute atomic E-state index is 0.481. The molecule has 2 aromatic rings. The van der Waals surface area contributed by atoms with Crippen LogP contribution in [0.15, 0.2) is 12.1 Å². The van der Waals surface area contributed by atoms with Crippen molar-refractivity contribution in [1.29, 1.82) is 0 Å². The quantitative estimate of drug-likeness (QED) is 0.796. The molecule has 4 heterocycles. The van der Waals surface area contributed by atoms with Crippen LogP contribution in [0, 0.1) is 0 Å². The van der Waals surface area contributed by atoms with Gasteiger partial charge < -0.3 is 4.57 Å². The van der Waals surface area contributed by atoms with E-state index >= 15 is 0 Å². The fraction of sp³-hybridized carbons (Fsp3) is 0.667. The molecule has 0 aromatic carbocycles.